The lowest BCUT2D eigenvalue weighted by Crippen LogP contribution is -2.66. The van der Waals surface area contributed by atoms with Crippen LogP contribution in [0.4, 0.5) is 4.79 Å². The first-order chi connectivity index (χ1) is 36.4. The Labute approximate surface area is 445 Å². The molecule has 16 N–H and O–H groups in total. The van der Waals surface area contributed by atoms with E-state index in [1.54, 1.807) is 27.7 Å². The number of hydrogen-bond acceptors (Lipinski definition) is 21. The second-order valence-corrected chi connectivity index (χ2v) is 20.5. The molecule has 3 aliphatic heterocycles. The zero-order valence-corrected chi connectivity index (χ0v) is 44.6. The molecule has 2 fully saturated rings. The molecule has 29 heteroatoms. The molecule has 0 aliphatic carbocycles. The second-order valence-electron chi connectivity index (χ2n) is 20.5. The molecule has 436 valence electrons. The summed E-state index contributed by atoms with van der Waals surface area (Å²) in [4.78, 5) is 111. The molecule has 15 atom stereocenters. The molecule has 1 aromatic heterocycles. The standard InChI is InChI=1S/C48H81N11O18/c1-22(2)13-10-8-9-11-14-28(61)75-36(24(5)6)31(56-41(66)30(25-15-19-53-46(50)54-25)58-47(71)57-29(23(3)4)43(67)68)40(65)52-18-12-17-51-32(44(69)70)37(77-45-39(73-7)33(62)26(21-49)74-45)38-34(63)35(64)42(76-38)59-20-16-27(60)55-48(59)72/h16,20,22-26,29-39,42,45,51,62-64H,8-15,17-19,21,49H2,1-7H3,(H,52,65)(H,56,66)(H,67,68)(H,69,70)(H3,50,53,54)(H,55,60,72)(H2,57,58,71)/t25-,26+,29-,30-,31-,32-,33+,34-,35+,36-,37-,38-,39+,42+,45-/m0/s1. The number of aliphatic hydroxyl groups is 3. The Balaban J connectivity index is 1.59. The van der Waals surface area contributed by atoms with E-state index in [1.807, 2.05) is 4.98 Å². The maximum absolute atomic E-state index is 14.5. The minimum absolute atomic E-state index is 0.0191. The number of carboxylic acid groups (broad SMARTS) is 2. The number of urea groups is 1. The zero-order valence-electron chi connectivity index (χ0n) is 44.6. The molecular weight excluding hydrogens is 1020 g/mol. The van der Waals surface area contributed by atoms with Crippen molar-refractivity contribution in [3.8, 4) is 0 Å². The number of aromatic amines is 1. The summed E-state index contributed by atoms with van der Waals surface area (Å²) < 4.78 is 29.9. The van der Waals surface area contributed by atoms with Crippen LogP contribution >= 0.6 is 0 Å². The van der Waals surface area contributed by atoms with E-state index in [0.717, 1.165) is 42.5 Å². The molecule has 0 bridgehead atoms. The SMILES string of the molecule is CO[C@H]1[C@H](O[C@H]([C@H]2O[C@@H](n3ccc(=O)[nH]c3=O)[C@H](O)[C@@H]2O)[C@H](NCCCNC(=O)[C@@H](NC(=O)[C@@H](NC(=O)N[C@H](C(=O)O)C(C)C)[C@@H]2CCN=C(N)N2)[C@@H](OC(=O)CCCCCCC(C)C)C(C)C)C(=O)O)O[C@H](CN)[C@H]1O. The van der Waals surface area contributed by atoms with E-state index >= 15 is 0 Å². The third-order valence-corrected chi connectivity index (χ3v) is 13.4. The molecule has 4 heterocycles. The fraction of sp³-hybridized carbons (Fsp3) is 0.771. The number of esters is 1. The van der Waals surface area contributed by atoms with Crippen molar-refractivity contribution in [3.63, 3.8) is 0 Å². The van der Waals surface area contributed by atoms with Crippen LogP contribution in [-0.2, 0) is 47.7 Å². The molecule has 0 spiro atoms. The van der Waals surface area contributed by atoms with Crippen molar-refractivity contribution < 1.29 is 78.0 Å². The van der Waals surface area contributed by atoms with Crippen LogP contribution in [0, 0.1) is 17.8 Å². The van der Waals surface area contributed by atoms with Gasteiger partial charge in [0.25, 0.3) is 5.56 Å². The quantitative estimate of drug-likeness (QED) is 0.0255. The molecular formula is C48H81N11O18. The van der Waals surface area contributed by atoms with Gasteiger partial charge in [0, 0.05) is 45.4 Å². The van der Waals surface area contributed by atoms with Gasteiger partial charge < -0.3 is 92.6 Å². The summed E-state index contributed by atoms with van der Waals surface area (Å²) >= 11 is 0. The van der Waals surface area contributed by atoms with E-state index < -0.39 is 150 Å². The maximum Gasteiger partial charge on any atom is 0.330 e. The summed E-state index contributed by atoms with van der Waals surface area (Å²) in [5.74, 6) is -5.97. The van der Waals surface area contributed by atoms with Crippen LogP contribution in [0.5, 0.6) is 0 Å². The number of carboxylic acids is 2. The lowest BCUT2D eigenvalue weighted by atomic mass is 9.96. The molecule has 4 rings (SSSR count). The van der Waals surface area contributed by atoms with Crippen LogP contribution < -0.4 is 54.6 Å². The van der Waals surface area contributed by atoms with Gasteiger partial charge in [-0.2, -0.15) is 0 Å². The van der Waals surface area contributed by atoms with E-state index in [4.69, 9.17) is 35.2 Å². The summed E-state index contributed by atoms with van der Waals surface area (Å²) in [5.41, 5.74) is 9.96. The first kappa shape index (κ1) is 63.7. The van der Waals surface area contributed by atoms with Crippen LogP contribution in [0.3, 0.4) is 0 Å². The number of carbonyl (C=O) groups is 6. The number of nitrogens with zero attached hydrogens (tertiary/aromatic N) is 2. The molecule has 77 heavy (non-hydrogen) atoms. The topological polar surface area (TPSA) is 441 Å². The van der Waals surface area contributed by atoms with Gasteiger partial charge >= 0.3 is 29.6 Å². The number of aliphatic hydroxyl groups excluding tert-OH is 3. The highest BCUT2D eigenvalue weighted by Crippen LogP contribution is 2.35. The minimum atomic E-state index is -1.93. The number of aromatic nitrogens is 2. The van der Waals surface area contributed by atoms with Crippen molar-refractivity contribution in [2.24, 2.45) is 34.2 Å². The Morgan fingerprint density at radius 1 is 0.844 bits per heavy atom. The summed E-state index contributed by atoms with van der Waals surface area (Å²) in [6.07, 6.45) is -10.1. The maximum atomic E-state index is 14.5. The van der Waals surface area contributed by atoms with Gasteiger partial charge in [-0.1, -0.05) is 67.2 Å². The van der Waals surface area contributed by atoms with Crippen molar-refractivity contribution in [2.75, 3.05) is 33.3 Å². The second kappa shape index (κ2) is 30.4. The van der Waals surface area contributed by atoms with Crippen LogP contribution in [0.2, 0.25) is 0 Å². The van der Waals surface area contributed by atoms with Gasteiger partial charge in [-0.3, -0.25) is 38.5 Å². The van der Waals surface area contributed by atoms with E-state index in [1.165, 1.54) is 7.11 Å². The number of hydrogen-bond donors (Lipinski definition) is 14. The van der Waals surface area contributed by atoms with E-state index in [-0.39, 0.29) is 51.4 Å². The monoisotopic (exact) mass is 1100 g/mol. The van der Waals surface area contributed by atoms with Gasteiger partial charge in [-0.25, -0.2) is 14.4 Å². The minimum Gasteiger partial charge on any atom is -0.480 e. The highest BCUT2D eigenvalue weighted by atomic mass is 16.7. The van der Waals surface area contributed by atoms with E-state index in [0.29, 0.717) is 12.3 Å². The Morgan fingerprint density at radius 2 is 1.53 bits per heavy atom. The molecule has 2 saturated heterocycles. The number of amides is 4. The Morgan fingerprint density at radius 3 is 2.13 bits per heavy atom. The molecule has 3 aliphatic rings. The predicted molar refractivity (Wildman–Crippen MR) is 273 cm³/mol. The number of methoxy groups -OCH3 is 1. The summed E-state index contributed by atoms with van der Waals surface area (Å²) in [5, 5.41) is 69.6. The Bertz CT molecular complexity index is 2270. The molecule has 0 aromatic carbocycles. The summed E-state index contributed by atoms with van der Waals surface area (Å²) in [6.45, 7) is 10.2. The van der Waals surface area contributed by atoms with Gasteiger partial charge in [-0.05, 0) is 43.6 Å². The van der Waals surface area contributed by atoms with E-state index in [9.17, 15) is 63.9 Å². The summed E-state index contributed by atoms with van der Waals surface area (Å²) in [6, 6.07) is -7.25. The number of guanidine groups is 1. The predicted octanol–water partition coefficient (Wildman–Crippen LogP) is -3.35. The number of unbranched alkanes of at least 4 members (excludes halogenated alkanes) is 3. The number of nitrogens with one attached hydrogen (secondary N) is 7. The fourth-order valence-electron chi connectivity index (χ4n) is 9.17. The molecule has 0 radical (unpaired) electrons. The van der Waals surface area contributed by atoms with Gasteiger partial charge in [-0.15, -0.1) is 0 Å². The lowest BCUT2D eigenvalue weighted by Gasteiger charge is -2.34. The molecule has 0 saturated carbocycles. The number of nitrogens with two attached hydrogens (primary N) is 2. The molecule has 1 aromatic rings. The van der Waals surface area contributed by atoms with Crippen molar-refractivity contribution in [1.29, 1.82) is 0 Å². The van der Waals surface area contributed by atoms with Crippen LogP contribution in [-0.4, -0.2) is 195 Å². The van der Waals surface area contributed by atoms with Gasteiger partial charge in [0.1, 0.15) is 73.0 Å². The number of aliphatic imine (C=N–C) groups is 1. The number of ether oxygens (including phenoxy) is 5. The first-order valence-electron chi connectivity index (χ1n) is 26.0. The van der Waals surface area contributed by atoms with Crippen molar-refractivity contribution in [3.05, 3.63) is 33.1 Å². The van der Waals surface area contributed by atoms with Gasteiger partial charge in [0.05, 0.1) is 6.04 Å². The summed E-state index contributed by atoms with van der Waals surface area (Å²) in [7, 11) is 1.23. The molecule has 0 unspecified atom stereocenters. The van der Waals surface area contributed by atoms with Crippen LogP contribution in [0.25, 0.3) is 0 Å². The Kier molecular flexibility index (Phi) is 25.2. The zero-order chi connectivity index (χ0) is 57.3. The van der Waals surface area contributed by atoms with Gasteiger partial charge in [0.15, 0.2) is 18.5 Å². The van der Waals surface area contributed by atoms with Gasteiger partial charge in [0.2, 0.25) is 11.8 Å². The average Bonchev–Trinajstić information content (AvgIpc) is 3.83. The number of carbonyl (C=O) groups excluding carboxylic acids is 4. The number of aliphatic carboxylic acids is 2. The molecule has 4 amide bonds. The smallest absolute Gasteiger partial charge is 0.330 e. The van der Waals surface area contributed by atoms with E-state index in [2.05, 4.69) is 50.7 Å². The fourth-order valence-corrected chi connectivity index (χ4v) is 9.17. The third kappa shape index (κ3) is 18.1. The Hall–Kier alpha value is -5.79. The number of H-pyrrole nitrogens is 1. The third-order valence-electron chi connectivity index (χ3n) is 13.4. The highest BCUT2D eigenvalue weighted by Gasteiger charge is 2.54. The highest BCUT2D eigenvalue weighted by molar-refractivity contribution is 5.94. The number of rotatable bonds is 31. The van der Waals surface area contributed by atoms with Crippen LogP contribution in [0.1, 0.15) is 99.1 Å². The normalized spacial score (nSPS) is 25.7. The largest absolute Gasteiger partial charge is 0.480 e. The van der Waals surface area contributed by atoms with Crippen molar-refractivity contribution >= 4 is 41.7 Å². The van der Waals surface area contributed by atoms with Crippen LogP contribution in [0.15, 0.2) is 26.8 Å². The van der Waals surface area contributed by atoms with Crippen molar-refractivity contribution in [2.45, 2.75) is 184 Å². The average molecular weight is 1100 g/mol. The van der Waals surface area contributed by atoms with Crippen molar-refractivity contribution in [1.82, 2.24) is 41.5 Å². The lowest BCUT2D eigenvalue weighted by molar-refractivity contribution is -0.231. The first-order valence-corrected chi connectivity index (χ1v) is 26.0. The molecule has 29 nitrogen and oxygen atoms in total.